The van der Waals surface area contributed by atoms with Crippen molar-refractivity contribution in [1.82, 2.24) is 34.6 Å². The van der Waals surface area contributed by atoms with E-state index in [1.807, 2.05) is 59.7 Å². The fourth-order valence-electron chi connectivity index (χ4n) is 2.93. The molecule has 26 heavy (non-hydrogen) atoms. The number of hydrogen-bond donors (Lipinski definition) is 1. The van der Waals surface area contributed by atoms with Gasteiger partial charge in [-0.05, 0) is 30.3 Å². The van der Waals surface area contributed by atoms with Gasteiger partial charge in [0.1, 0.15) is 17.0 Å². The van der Waals surface area contributed by atoms with Crippen molar-refractivity contribution in [2.24, 2.45) is 0 Å². The second kappa shape index (κ2) is 5.99. The smallest absolute Gasteiger partial charge is 0.156 e. The van der Waals surface area contributed by atoms with Crippen LogP contribution in [-0.4, -0.2) is 34.6 Å². The Kier molecular flexibility index (Phi) is 3.38. The van der Waals surface area contributed by atoms with Crippen LogP contribution in [0, 0.1) is 0 Å². The molecule has 5 rings (SSSR count). The molecular formula is C18H15N7O. The number of aromatic nitrogens is 7. The first-order valence-electron chi connectivity index (χ1n) is 8.28. The SMILES string of the molecule is c1ccn2c(CCn3cc(-c4ccc(-c5ccn[nH]5)o4)nn3)cnc2c1. The van der Waals surface area contributed by atoms with Gasteiger partial charge in [-0.15, -0.1) is 5.10 Å². The second-order valence-electron chi connectivity index (χ2n) is 5.93. The number of aromatic amines is 1. The van der Waals surface area contributed by atoms with Crippen LogP contribution in [0.4, 0.5) is 0 Å². The van der Waals surface area contributed by atoms with Crippen molar-refractivity contribution in [2.75, 3.05) is 0 Å². The first-order valence-corrected chi connectivity index (χ1v) is 8.28. The number of fused-ring (bicyclic) bond motifs is 1. The number of furan rings is 1. The molecule has 0 saturated carbocycles. The summed E-state index contributed by atoms with van der Waals surface area (Å²) in [5, 5.41) is 15.2. The summed E-state index contributed by atoms with van der Waals surface area (Å²) < 4.78 is 9.73. The first kappa shape index (κ1) is 14.6. The van der Waals surface area contributed by atoms with Crippen molar-refractivity contribution in [3.05, 3.63) is 66.9 Å². The number of nitrogens with one attached hydrogen (secondary N) is 1. The lowest BCUT2D eigenvalue weighted by molar-refractivity contribution is 0.582. The van der Waals surface area contributed by atoms with E-state index in [4.69, 9.17) is 4.42 Å². The van der Waals surface area contributed by atoms with Crippen molar-refractivity contribution in [1.29, 1.82) is 0 Å². The molecule has 5 aromatic rings. The summed E-state index contributed by atoms with van der Waals surface area (Å²) in [7, 11) is 0. The summed E-state index contributed by atoms with van der Waals surface area (Å²) in [5.74, 6) is 1.40. The zero-order chi connectivity index (χ0) is 17.3. The molecule has 1 N–H and O–H groups in total. The molecule has 0 aliphatic carbocycles. The molecule has 0 atom stereocenters. The van der Waals surface area contributed by atoms with E-state index >= 15 is 0 Å². The number of nitrogens with zero attached hydrogens (tertiary/aromatic N) is 6. The van der Waals surface area contributed by atoms with Crippen LogP contribution in [0.15, 0.2) is 65.6 Å². The maximum atomic E-state index is 5.83. The molecule has 8 heteroatoms. The third kappa shape index (κ3) is 2.57. The zero-order valence-corrected chi connectivity index (χ0v) is 13.8. The van der Waals surface area contributed by atoms with Crippen LogP contribution in [0.5, 0.6) is 0 Å². The zero-order valence-electron chi connectivity index (χ0n) is 13.8. The lowest BCUT2D eigenvalue weighted by Gasteiger charge is -2.01. The molecule has 128 valence electrons. The van der Waals surface area contributed by atoms with Crippen LogP contribution in [-0.2, 0) is 13.0 Å². The highest BCUT2D eigenvalue weighted by atomic mass is 16.3. The Morgan fingerprint density at radius 1 is 1.08 bits per heavy atom. The average molecular weight is 345 g/mol. The third-order valence-electron chi connectivity index (χ3n) is 4.25. The highest BCUT2D eigenvalue weighted by Gasteiger charge is 2.11. The van der Waals surface area contributed by atoms with Crippen LogP contribution in [0.2, 0.25) is 0 Å². The Morgan fingerprint density at radius 3 is 2.96 bits per heavy atom. The van der Waals surface area contributed by atoms with Crippen molar-refractivity contribution in [3.8, 4) is 22.9 Å². The molecular weight excluding hydrogens is 330 g/mol. The number of imidazole rings is 1. The number of pyridine rings is 1. The van der Waals surface area contributed by atoms with Gasteiger partial charge < -0.3 is 8.82 Å². The molecule has 5 aromatic heterocycles. The van der Waals surface area contributed by atoms with Gasteiger partial charge >= 0.3 is 0 Å². The van der Waals surface area contributed by atoms with Gasteiger partial charge in [-0.1, -0.05) is 11.3 Å². The fourth-order valence-corrected chi connectivity index (χ4v) is 2.93. The summed E-state index contributed by atoms with van der Waals surface area (Å²) in [6.07, 6.45) is 8.30. The van der Waals surface area contributed by atoms with Crippen molar-refractivity contribution < 1.29 is 4.42 Å². The summed E-state index contributed by atoms with van der Waals surface area (Å²) in [6.45, 7) is 0.712. The van der Waals surface area contributed by atoms with E-state index in [-0.39, 0.29) is 0 Å². The minimum absolute atomic E-state index is 0.677. The molecule has 0 amide bonds. The van der Waals surface area contributed by atoms with E-state index in [2.05, 4.69) is 29.9 Å². The Morgan fingerprint density at radius 2 is 2.04 bits per heavy atom. The normalized spacial score (nSPS) is 11.4. The number of rotatable bonds is 5. The van der Waals surface area contributed by atoms with E-state index in [1.165, 1.54) is 0 Å². The van der Waals surface area contributed by atoms with Gasteiger partial charge in [0.25, 0.3) is 0 Å². The number of hydrogen-bond acceptors (Lipinski definition) is 5. The molecule has 8 nitrogen and oxygen atoms in total. The van der Waals surface area contributed by atoms with Crippen LogP contribution < -0.4 is 0 Å². The van der Waals surface area contributed by atoms with Gasteiger partial charge in [0.15, 0.2) is 11.5 Å². The number of H-pyrrole nitrogens is 1. The summed E-state index contributed by atoms with van der Waals surface area (Å²) in [5.41, 5.74) is 3.62. The van der Waals surface area contributed by atoms with E-state index in [9.17, 15) is 0 Å². The quantitative estimate of drug-likeness (QED) is 0.529. The average Bonchev–Trinajstić information content (AvgIpc) is 3.46. The van der Waals surface area contributed by atoms with Crippen molar-refractivity contribution in [3.63, 3.8) is 0 Å². The van der Waals surface area contributed by atoms with Gasteiger partial charge in [0.05, 0.1) is 6.20 Å². The molecule has 0 bridgehead atoms. The molecule has 0 spiro atoms. The largest absolute Gasteiger partial charge is 0.453 e. The van der Waals surface area contributed by atoms with Crippen LogP contribution in [0.25, 0.3) is 28.6 Å². The molecule has 0 aliphatic rings. The molecule has 0 saturated heterocycles. The molecule has 5 heterocycles. The Balaban J connectivity index is 1.32. The lowest BCUT2D eigenvalue weighted by Crippen LogP contribution is -2.03. The summed E-state index contributed by atoms with van der Waals surface area (Å²) in [6, 6.07) is 11.6. The standard InChI is InChI=1S/C18H15N7O/c1-2-9-25-13(11-19-18(25)3-1)7-10-24-12-15(22-23-24)17-5-4-16(26-17)14-6-8-20-21-14/h1-6,8-9,11-12H,7,10H2,(H,20,21). The van der Waals surface area contributed by atoms with Gasteiger partial charge in [0.2, 0.25) is 0 Å². The first-order chi connectivity index (χ1) is 12.9. The Hall–Kier alpha value is -3.68. The molecule has 0 radical (unpaired) electrons. The van der Waals surface area contributed by atoms with Gasteiger partial charge in [-0.2, -0.15) is 5.10 Å². The van der Waals surface area contributed by atoms with Crippen molar-refractivity contribution in [2.45, 2.75) is 13.0 Å². The second-order valence-corrected chi connectivity index (χ2v) is 5.93. The van der Waals surface area contributed by atoms with Crippen LogP contribution >= 0.6 is 0 Å². The van der Waals surface area contributed by atoms with Crippen LogP contribution in [0.1, 0.15) is 5.69 Å². The number of aryl methyl sites for hydroxylation is 2. The van der Waals surface area contributed by atoms with Crippen LogP contribution in [0.3, 0.4) is 0 Å². The Labute approximate surface area is 148 Å². The molecule has 0 aliphatic heterocycles. The highest BCUT2D eigenvalue weighted by molar-refractivity contribution is 5.59. The highest BCUT2D eigenvalue weighted by Crippen LogP contribution is 2.25. The minimum Gasteiger partial charge on any atom is -0.453 e. The molecule has 0 fully saturated rings. The third-order valence-corrected chi connectivity index (χ3v) is 4.25. The van der Waals surface area contributed by atoms with E-state index in [0.29, 0.717) is 18.0 Å². The summed E-state index contributed by atoms with van der Waals surface area (Å²) >= 11 is 0. The van der Waals surface area contributed by atoms with Gasteiger partial charge in [0, 0.05) is 37.3 Å². The maximum absolute atomic E-state index is 5.83. The fraction of sp³-hybridized carbons (Fsp3) is 0.111. The minimum atomic E-state index is 0.677. The molecule has 0 unspecified atom stereocenters. The topological polar surface area (TPSA) is 89.8 Å². The summed E-state index contributed by atoms with van der Waals surface area (Å²) in [4.78, 5) is 4.41. The van der Waals surface area contributed by atoms with E-state index in [1.54, 1.807) is 6.20 Å². The van der Waals surface area contributed by atoms with E-state index < -0.39 is 0 Å². The Bertz CT molecular complexity index is 1150. The predicted molar refractivity (Wildman–Crippen MR) is 94.2 cm³/mol. The molecule has 0 aromatic carbocycles. The van der Waals surface area contributed by atoms with Gasteiger partial charge in [-0.25, -0.2) is 4.98 Å². The lowest BCUT2D eigenvalue weighted by atomic mass is 10.3. The van der Waals surface area contributed by atoms with E-state index in [0.717, 1.165) is 29.2 Å². The van der Waals surface area contributed by atoms with Gasteiger partial charge in [-0.3, -0.25) is 9.78 Å². The maximum Gasteiger partial charge on any atom is 0.156 e. The monoisotopic (exact) mass is 345 g/mol. The predicted octanol–water partition coefficient (Wildman–Crippen LogP) is 2.82. The van der Waals surface area contributed by atoms with Crippen molar-refractivity contribution >= 4 is 5.65 Å².